The zero-order valence-electron chi connectivity index (χ0n) is 12.3. The van der Waals surface area contributed by atoms with Crippen LogP contribution >= 0.6 is 0 Å². The SMILES string of the molecule is CCC(C)CN(C)C(C)(CN)Cc1ccccc1. The maximum absolute atomic E-state index is 6.03. The van der Waals surface area contributed by atoms with E-state index >= 15 is 0 Å². The van der Waals surface area contributed by atoms with Gasteiger partial charge >= 0.3 is 0 Å². The summed E-state index contributed by atoms with van der Waals surface area (Å²) in [5, 5.41) is 0. The smallest absolute Gasteiger partial charge is 0.0340 e. The summed E-state index contributed by atoms with van der Waals surface area (Å²) < 4.78 is 0. The maximum Gasteiger partial charge on any atom is 0.0340 e. The molecule has 1 aromatic carbocycles. The van der Waals surface area contributed by atoms with E-state index in [2.05, 4.69) is 63.1 Å². The van der Waals surface area contributed by atoms with Gasteiger partial charge in [-0.3, -0.25) is 4.90 Å². The number of benzene rings is 1. The van der Waals surface area contributed by atoms with E-state index in [9.17, 15) is 0 Å². The Morgan fingerprint density at radius 2 is 1.89 bits per heavy atom. The molecule has 102 valence electrons. The van der Waals surface area contributed by atoms with Crippen molar-refractivity contribution in [1.29, 1.82) is 0 Å². The van der Waals surface area contributed by atoms with E-state index < -0.39 is 0 Å². The van der Waals surface area contributed by atoms with Crippen LogP contribution in [0.25, 0.3) is 0 Å². The molecule has 0 saturated carbocycles. The van der Waals surface area contributed by atoms with Crippen molar-refractivity contribution in [3.63, 3.8) is 0 Å². The van der Waals surface area contributed by atoms with Crippen molar-refractivity contribution in [3.05, 3.63) is 35.9 Å². The summed E-state index contributed by atoms with van der Waals surface area (Å²) in [6, 6.07) is 10.6. The van der Waals surface area contributed by atoms with Crippen LogP contribution in [0.5, 0.6) is 0 Å². The van der Waals surface area contributed by atoms with Gasteiger partial charge in [0, 0.05) is 18.6 Å². The van der Waals surface area contributed by atoms with Gasteiger partial charge in [-0.05, 0) is 31.9 Å². The predicted octanol–water partition coefficient (Wildman–Crippen LogP) is 2.92. The maximum atomic E-state index is 6.03. The molecular weight excluding hydrogens is 220 g/mol. The highest BCUT2D eigenvalue weighted by Crippen LogP contribution is 2.20. The Hall–Kier alpha value is -0.860. The van der Waals surface area contributed by atoms with Crippen molar-refractivity contribution < 1.29 is 0 Å². The third-order valence-electron chi connectivity index (χ3n) is 4.07. The van der Waals surface area contributed by atoms with Crippen LogP contribution in [0.1, 0.15) is 32.8 Å². The Labute approximate surface area is 112 Å². The molecular formula is C16H28N2. The molecule has 0 bridgehead atoms. The lowest BCUT2D eigenvalue weighted by molar-refractivity contribution is 0.124. The summed E-state index contributed by atoms with van der Waals surface area (Å²) >= 11 is 0. The summed E-state index contributed by atoms with van der Waals surface area (Å²) in [5.74, 6) is 0.719. The van der Waals surface area contributed by atoms with Crippen molar-refractivity contribution in [2.24, 2.45) is 11.7 Å². The topological polar surface area (TPSA) is 29.3 Å². The van der Waals surface area contributed by atoms with Gasteiger partial charge in [-0.2, -0.15) is 0 Å². The molecule has 2 nitrogen and oxygen atoms in total. The number of rotatable bonds is 7. The molecule has 2 N–H and O–H groups in total. The Balaban J connectivity index is 2.72. The van der Waals surface area contributed by atoms with Crippen LogP contribution in [0.3, 0.4) is 0 Å². The molecule has 0 radical (unpaired) electrons. The fourth-order valence-corrected chi connectivity index (χ4v) is 2.22. The van der Waals surface area contributed by atoms with E-state index in [1.54, 1.807) is 0 Å². The summed E-state index contributed by atoms with van der Waals surface area (Å²) in [6.45, 7) is 8.61. The number of nitrogens with two attached hydrogens (primary N) is 1. The highest BCUT2D eigenvalue weighted by Gasteiger charge is 2.28. The average Bonchev–Trinajstić information content (AvgIpc) is 2.39. The highest BCUT2D eigenvalue weighted by atomic mass is 15.2. The van der Waals surface area contributed by atoms with Crippen LogP contribution in [0.4, 0.5) is 0 Å². The quantitative estimate of drug-likeness (QED) is 0.804. The zero-order chi connectivity index (χ0) is 13.6. The molecule has 1 rings (SSSR count). The van der Waals surface area contributed by atoms with E-state index in [1.165, 1.54) is 12.0 Å². The van der Waals surface area contributed by atoms with Gasteiger partial charge in [-0.15, -0.1) is 0 Å². The minimum absolute atomic E-state index is 0.0464. The molecule has 0 aliphatic heterocycles. The fraction of sp³-hybridized carbons (Fsp3) is 0.625. The van der Waals surface area contributed by atoms with Gasteiger partial charge in [0.15, 0.2) is 0 Å². The zero-order valence-corrected chi connectivity index (χ0v) is 12.3. The molecule has 0 heterocycles. The number of nitrogens with zero attached hydrogens (tertiary/aromatic N) is 1. The van der Waals surface area contributed by atoms with Gasteiger partial charge in [0.1, 0.15) is 0 Å². The second-order valence-corrected chi connectivity index (χ2v) is 5.76. The van der Waals surface area contributed by atoms with Gasteiger partial charge in [-0.25, -0.2) is 0 Å². The molecule has 2 unspecified atom stereocenters. The average molecular weight is 248 g/mol. The standard InChI is InChI=1S/C16H28N2/c1-5-14(2)12-18(4)16(3,13-17)11-15-9-7-6-8-10-15/h6-10,14H,5,11-13,17H2,1-4H3. The van der Waals surface area contributed by atoms with Crippen molar-refractivity contribution in [3.8, 4) is 0 Å². The largest absolute Gasteiger partial charge is 0.329 e. The molecule has 0 amide bonds. The molecule has 0 fully saturated rings. The van der Waals surface area contributed by atoms with Crippen LogP contribution in [0, 0.1) is 5.92 Å². The van der Waals surface area contributed by atoms with Crippen LogP contribution in [0.2, 0.25) is 0 Å². The first-order valence-corrected chi connectivity index (χ1v) is 6.97. The van der Waals surface area contributed by atoms with Crippen LogP contribution < -0.4 is 5.73 Å². The Bertz CT molecular complexity index is 336. The van der Waals surface area contributed by atoms with Crippen molar-refractivity contribution >= 4 is 0 Å². The predicted molar refractivity (Wildman–Crippen MR) is 79.7 cm³/mol. The van der Waals surface area contributed by atoms with Gasteiger partial charge in [0.05, 0.1) is 0 Å². The molecule has 0 spiro atoms. The molecule has 0 aliphatic rings. The Kier molecular flexibility index (Phi) is 5.83. The Morgan fingerprint density at radius 1 is 1.28 bits per heavy atom. The third-order valence-corrected chi connectivity index (χ3v) is 4.07. The molecule has 0 aliphatic carbocycles. The normalized spacial score (nSPS) is 16.6. The van der Waals surface area contributed by atoms with E-state index in [-0.39, 0.29) is 5.54 Å². The van der Waals surface area contributed by atoms with E-state index in [0.29, 0.717) is 6.54 Å². The van der Waals surface area contributed by atoms with E-state index in [4.69, 9.17) is 5.73 Å². The summed E-state index contributed by atoms with van der Waals surface area (Å²) in [5.41, 5.74) is 7.44. The second kappa shape index (κ2) is 6.91. The van der Waals surface area contributed by atoms with Crippen LogP contribution in [-0.2, 0) is 6.42 Å². The monoisotopic (exact) mass is 248 g/mol. The first-order valence-electron chi connectivity index (χ1n) is 6.97. The van der Waals surface area contributed by atoms with Gasteiger partial charge in [-0.1, -0.05) is 50.6 Å². The van der Waals surface area contributed by atoms with E-state index in [1.807, 2.05) is 0 Å². The fourth-order valence-electron chi connectivity index (χ4n) is 2.22. The number of hydrogen-bond donors (Lipinski definition) is 1. The highest BCUT2D eigenvalue weighted by molar-refractivity contribution is 5.17. The van der Waals surface area contributed by atoms with Gasteiger partial charge in [0.25, 0.3) is 0 Å². The molecule has 0 aromatic heterocycles. The third kappa shape index (κ3) is 4.11. The molecule has 0 saturated heterocycles. The van der Waals surface area contributed by atoms with Crippen molar-refractivity contribution in [1.82, 2.24) is 4.90 Å². The summed E-state index contributed by atoms with van der Waals surface area (Å²) in [7, 11) is 2.20. The summed E-state index contributed by atoms with van der Waals surface area (Å²) in [6.07, 6.45) is 2.23. The van der Waals surface area contributed by atoms with Crippen LogP contribution in [0.15, 0.2) is 30.3 Å². The second-order valence-electron chi connectivity index (χ2n) is 5.76. The summed E-state index contributed by atoms with van der Waals surface area (Å²) in [4.78, 5) is 2.42. The molecule has 1 aromatic rings. The molecule has 18 heavy (non-hydrogen) atoms. The molecule has 2 atom stereocenters. The lowest BCUT2D eigenvalue weighted by Gasteiger charge is -2.39. The van der Waals surface area contributed by atoms with Crippen molar-refractivity contribution in [2.45, 2.75) is 39.2 Å². The number of hydrogen-bond acceptors (Lipinski definition) is 2. The van der Waals surface area contributed by atoms with Gasteiger partial charge in [0.2, 0.25) is 0 Å². The minimum Gasteiger partial charge on any atom is -0.329 e. The lowest BCUT2D eigenvalue weighted by Crippen LogP contribution is -2.52. The first kappa shape index (κ1) is 15.2. The molecule has 2 heteroatoms. The minimum atomic E-state index is 0.0464. The number of likely N-dealkylation sites (N-methyl/N-ethyl adjacent to an activating group) is 1. The Morgan fingerprint density at radius 3 is 2.39 bits per heavy atom. The van der Waals surface area contributed by atoms with E-state index in [0.717, 1.165) is 18.9 Å². The van der Waals surface area contributed by atoms with Crippen LogP contribution in [-0.4, -0.2) is 30.6 Å². The van der Waals surface area contributed by atoms with Crippen molar-refractivity contribution in [2.75, 3.05) is 20.1 Å². The van der Waals surface area contributed by atoms with Gasteiger partial charge < -0.3 is 5.73 Å². The first-order chi connectivity index (χ1) is 8.51. The lowest BCUT2D eigenvalue weighted by atomic mass is 9.90.